The number of benzene rings is 1. The van der Waals surface area contributed by atoms with Gasteiger partial charge in [-0.3, -0.25) is 4.98 Å². The Balaban J connectivity index is 1.84. The summed E-state index contributed by atoms with van der Waals surface area (Å²) in [4.78, 5) is 12.2. The molecule has 6 heteroatoms. The van der Waals surface area contributed by atoms with Gasteiger partial charge in [0.05, 0.1) is 6.20 Å². The van der Waals surface area contributed by atoms with Crippen molar-refractivity contribution in [2.75, 3.05) is 11.1 Å². The molecule has 110 valence electrons. The normalized spacial score (nSPS) is 10.2. The maximum Gasteiger partial charge on any atom is 0.248 e. The molecule has 0 radical (unpaired) electrons. The van der Waals surface area contributed by atoms with E-state index in [2.05, 4.69) is 20.3 Å². The Morgan fingerprint density at radius 3 is 2.64 bits per heavy atom. The summed E-state index contributed by atoms with van der Waals surface area (Å²) in [6.45, 7) is 2.03. The van der Waals surface area contributed by atoms with E-state index in [9.17, 15) is 0 Å². The first kappa shape index (κ1) is 13.8. The number of nitrogens with one attached hydrogen (secondary N) is 1. The third-order valence-electron chi connectivity index (χ3n) is 3.01. The fraction of sp³-hybridized carbons (Fsp3) is 0.0625. The van der Waals surface area contributed by atoms with E-state index in [0.29, 0.717) is 17.3 Å². The fourth-order valence-corrected chi connectivity index (χ4v) is 1.85. The number of ether oxygens (including phenoxy) is 1. The van der Waals surface area contributed by atoms with Crippen molar-refractivity contribution >= 4 is 17.2 Å². The SMILES string of the molecule is Cc1ccc(Nc2ncnc(Oc3cccnc3)c2N)cc1. The third-order valence-corrected chi connectivity index (χ3v) is 3.01. The van der Waals surface area contributed by atoms with Crippen molar-refractivity contribution in [3.63, 3.8) is 0 Å². The van der Waals surface area contributed by atoms with Crippen LogP contribution in [0.25, 0.3) is 0 Å². The van der Waals surface area contributed by atoms with Crippen LogP contribution in [0.3, 0.4) is 0 Å². The Bertz CT molecular complexity index is 759. The molecule has 0 atom stereocenters. The van der Waals surface area contributed by atoms with Gasteiger partial charge < -0.3 is 15.8 Å². The highest BCUT2D eigenvalue weighted by atomic mass is 16.5. The zero-order valence-electron chi connectivity index (χ0n) is 12.0. The first-order chi connectivity index (χ1) is 10.7. The lowest BCUT2D eigenvalue weighted by Gasteiger charge is -2.11. The Labute approximate surface area is 128 Å². The number of anilines is 3. The third kappa shape index (κ3) is 3.12. The topological polar surface area (TPSA) is 86.0 Å². The highest BCUT2D eigenvalue weighted by Crippen LogP contribution is 2.30. The van der Waals surface area contributed by atoms with Crippen LogP contribution in [0.4, 0.5) is 17.2 Å². The molecule has 2 heterocycles. The second kappa shape index (κ2) is 6.09. The number of nitrogens with zero attached hydrogens (tertiary/aromatic N) is 3. The summed E-state index contributed by atoms with van der Waals surface area (Å²) in [5.74, 6) is 1.35. The van der Waals surface area contributed by atoms with Gasteiger partial charge in [0.2, 0.25) is 5.88 Å². The minimum Gasteiger partial charge on any atom is -0.435 e. The van der Waals surface area contributed by atoms with E-state index >= 15 is 0 Å². The van der Waals surface area contributed by atoms with Crippen molar-refractivity contribution in [3.05, 3.63) is 60.7 Å². The van der Waals surface area contributed by atoms with Gasteiger partial charge in [-0.2, -0.15) is 4.98 Å². The molecule has 6 nitrogen and oxygen atoms in total. The van der Waals surface area contributed by atoms with E-state index < -0.39 is 0 Å². The van der Waals surface area contributed by atoms with Crippen molar-refractivity contribution in [2.24, 2.45) is 0 Å². The maximum atomic E-state index is 6.08. The molecule has 0 bridgehead atoms. The molecule has 3 N–H and O–H groups in total. The zero-order chi connectivity index (χ0) is 15.4. The summed E-state index contributed by atoms with van der Waals surface area (Å²) in [6, 6.07) is 11.5. The van der Waals surface area contributed by atoms with Crippen molar-refractivity contribution in [1.82, 2.24) is 15.0 Å². The van der Waals surface area contributed by atoms with Gasteiger partial charge in [0, 0.05) is 11.9 Å². The molecular formula is C16H15N5O. The van der Waals surface area contributed by atoms with Crippen LogP contribution in [0.1, 0.15) is 5.56 Å². The van der Waals surface area contributed by atoms with E-state index in [1.807, 2.05) is 31.2 Å². The largest absolute Gasteiger partial charge is 0.435 e. The average molecular weight is 293 g/mol. The number of aryl methyl sites for hydroxylation is 1. The molecule has 0 amide bonds. The summed E-state index contributed by atoms with van der Waals surface area (Å²) in [5, 5.41) is 3.15. The zero-order valence-corrected chi connectivity index (χ0v) is 12.0. The number of aromatic nitrogens is 3. The predicted octanol–water partition coefficient (Wildman–Crippen LogP) is 3.30. The number of hydrogen-bond acceptors (Lipinski definition) is 6. The van der Waals surface area contributed by atoms with Crippen LogP contribution in [-0.2, 0) is 0 Å². The van der Waals surface area contributed by atoms with Gasteiger partial charge in [0.25, 0.3) is 0 Å². The van der Waals surface area contributed by atoms with Gasteiger partial charge in [0.1, 0.15) is 17.8 Å². The predicted molar refractivity (Wildman–Crippen MR) is 85.2 cm³/mol. The number of nitrogen functional groups attached to an aromatic ring is 1. The Kier molecular flexibility index (Phi) is 3.82. The molecule has 3 aromatic rings. The monoisotopic (exact) mass is 293 g/mol. The average Bonchev–Trinajstić information content (AvgIpc) is 2.54. The minimum absolute atomic E-state index is 0.289. The second-order valence-electron chi connectivity index (χ2n) is 4.72. The molecule has 0 aliphatic rings. The minimum atomic E-state index is 0.289. The summed E-state index contributed by atoms with van der Waals surface area (Å²) in [5.41, 5.74) is 8.49. The quantitative estimate of drug-likeness (QED) is 0.767. The fourth-order valence-electron chi connectivity index (χ4n) is 1.85. The van der Waals surface area contributed by atoms with Crippen LogP contribution in [0.2, 0.25) is 0 Å². The van der Waals surface area contributed by atoms with Crippen LogP contribution in [-0.4, -0.2) is 15.0 Å². The van der Waals surface area contributed by atoms with E-state index in [4.69, 9.17) is 10.5 Å². The number of pyridine rings is 1. The van der Waals surface area contributed by atoms with Crippen LogP contribution in [0.15, 0.2) is 55.1 Å². The summed E-state index contributed by atoms with van der Waals surface area (Å²) >= 11 is 0. The van der Waals surface area contributed by atoms with E-state index in [1.54, 1.807) is 24.5 Å². The smallest absolute Gasteiger partial charge is 0.248 e. The number of hydrogen-bond donors (Lipinski definition) is 2. The van der Waals surface area contributed by atoms with Crippen molar-refractivity contribution in [3.8, 4) is 11.6 Å². The lowest BCUT2D eigenvalue weighted by Crippen LogP contribution is -2.03. The molecule has 0 spiro atoms. The van der Waals surface area contributed by atoms with Crippen molar-refractivity contribution < 1.29 is 4.74 Å². The molecule has 0 unspecified atom stereocenters. The van der Waals surface area contributed by atoms with Gasteiger partial charge in [-0.25, -0.2) is 4.98 Å². The Morgan fingerprint density at radius 1 is 1.09 bits per heavy atom. The molecule has 0 fully saturated rings. The van der Waals surface area contributed by atoms with E-state index in [0.717, 1.165) is 5.69 Å². The van der Waals surface area contributed by atoms with E-state index in [1.165, 1.54) is 11.9 Å². The first-order valence-electron chi connectivity index (χ1n) is 6.74. The molecule has 3 rings (SSSR count). The van der Waals surface area contributed by atoms with E-state index in [-0.39, 0.29) is 5.88 Å². The van der Waals surface area contributed by atoms with Gasteiger partial charge >= 0.3 is 0 Å². The molecule has 0 saturated carbocycles. The van der Waals surface area contributed by atoms with Crippen LogP contribution in [0.5, 0.6) is 11.6 Å². The Morgan fingerprint density at radius 2 is 1.91 bits per heavy atom. The Hall–Kier alpha value is -3.15. The van der Waals surface area contributed by atoms with Crippen LogP contribution in [0, 0.1) is 6.92 Å². The van der Waals surface area contributed by atoms with Gasteiger partial charge in [-0.1, -0.05) is 17.7 Å². The molecule has 0 saturated heterocycles. The standard InChI is InChI=1S/C16H15N5O/c1-11-4-6-12(7-5-11)21-15-14(17)16(20-10-19-15)22-13-3-2-8-18-9-13/h2-10H,17H2,1H3,(H,19,20,21). The summed E-state index contributed by atoms with van der Waals surface area (Å²) in [7, 11) is 0. The van der Waals surface area contributed by atoms with Crippen LogP contribution < -0.4 is 15.8 Å². The highest BCUT2D eigenvalue weighted by molar-refractivity contribution is 5.72. The summed E-state index contributed by atoms with van der Waals surface area (Å²) in [6.07, 6.45) is 4.66. The molecule has 1 aromatic carbocycles. The van der Waals surface area contributed by atoms with Gasteiger partial charge in [0.15, 0.2) is 5.82 Å². The number of nitrogens with two attached hydrogens (primary N) is 1. The number of rotatable bonds is 4. The molecule has 0 aliphatic carbocycles. The van der Waals surface area contributed by atoms with Gasteiger partial charge in [-0.15, -0.1) is 0 Å². The van der Waals surface area contributed by atoms with Crippen LogP contribution >= 0.6 is 0 Å². The maximum absolute atomic E-state index is 6.08. The lowest BCUT2D eigenvalue weighted by atomic mass is 10.2. The molecule has 0 aliphatic heterocycles. The molecular weight excluding hydrogens is 278 g/mol. The lowest BCUT2D eigenvalue weighted by molar-refractivity contribution is 0.462. The van der Waals surface area contributed by atoms with Crippen molar-refractivity contribution in [1.29, 1.82) is 0 Å². The summed E-state index contributed by atoms with van der Waals surface area (Å²) < 4.78 is 5.63. The first-order valence-corrected chi connectivity index (χ1v) is 6.74. The molecule has 22 heavy (non-hydrogen) atoms. The highest BCUT2D eigenvalue weighted by Gasteiger charge is 2.10. The second-order valence-corrected chi connectivity index (χ2v) is 4.72. The van der Waals surface area contributed by atoms with Crippen molar-refractivity contribution in [2.45, 2.75) is 6.92 Å². The molecule has 2 aromatic heterocycles. The van der Waals surface area contributed by atoms with Gasteiger partial charge in [-0.05, 0) is 31.2 Å².